The van der Waals surface area contributed by atoms with E-state index < -0.39 is 91.4 Å². The summed E-state index contributed by atoms with van der Waals surface area (Å²) in [5, 5.41) is 46.6. The highest BCUT2D eigenvalue weighted by Crippen LogP contribution is 2.36. The van der Waals surface area contributed by atoms with Crippen LogP contribution in [0.2, 0.25) is 5.28 Å². The van der Waals surface area contributed by atoms with Crippen LogP contribution in [0.15, 0.2) is 67.3 Å². The lowest BCUT2D eigenvalue weighted by atomic mass is 10.1. The summed E-state index contributed by atoms with van der Waals surface area (Å²) in [4.78, 5) is 55.9. The molecule has 3 aromatic carbocycles. The molecule has 0 unspecified atom stereocenters. The van der Waals surface area contributed by atoms with Gasteiger partial charge in [-0.05, 0) is 61.3 Å². The van der Waals surface area contributed by atoms with Gasteiger partial charge in [-0.3, -0.25) is 39.2 Å². The Morgan fingerprint density at radius 3 is 2.18 bits per heavy atom. The molecule has 0 aliphatic rings. The lowest BCUT2D eigenvalue weighted by Gasteiger charge is -2.15. The summed E-state index contributed by atoms with van der Waals surface area (Å²) in [5.74, 6) is -3.33. The number of H-pyrrole nitrogens is 1. The molecule has 28 heteroatoms. The van der Waals surface area contributed by atoms with Crippen LogP contribution in [0.5, 0.6) is 0 Å². The van der Waals surface area contributed by atoms with Gasteiger partial charge in [0, 0.05) is 17.4 Å². The molecule has 2 heterocycles. The minimum Gasteiger partial charge on any atom is -0.476 e. The molecule has 0 saturated heterocycles. The first-order valence-electron chi connectivity index (χ1n) is 14.3. The molecule has 6 N–H and O–H groups in total. The number of benzene rings is 3. The van der Waals surface area contributed by atoms with Crippen molar-refractivity contribution in [2.45, 2.75) is 23.6 Å². The highest BCUT2D eigenvalue weighted by atomic mass is 35.5. The van der Waals surface area contributed by atoms with Gasteiger partial charge in [-0.1, -0.05) is 0 Å². The Kier molecular flexibility index (Phi) is 10.4. The van der Waals surface area contributed by atoms with Gasteiger partial charge >= 0.3 is 11.7 Å². The number of hydrogen-bond donors (Lipinski definition) is 6. The lowest BCUT2D eigenvalue weighted by molar-refractivity contribution is -0.395. The van der Waals surface area contributed by atoms with E-state index in [1.165, 1.54) is 13.8 Å². The minimum absolute atomic E-state index is 0.0373. The van der Waals surface area contributed by atoms with E-state index in [-0.39, 0.29) is 39.7 Å². The van der Waals surface area contributed by atoms with E-state index in [0.29, 0.717) is 22.9 Å². The van der Waals surface area contributed by atoms with Gasteiger partial charge in [0.15, 0.2) is 11.4 Å². The number of nitro benzene ring substituents is 2. The van der Waals surface area contributed by atoms with Crippen LogP contribution in [0.3, 0.4) is 0 Å². The van der Waals surface area contributed by atoms with E-state index in [9.17, 15) is 65.3 Å². The zero-order valence-corrected chi connectivity index (χ0v) is 29.5. The molecule has 0 saturated carbocycles. The third-order valence-electron chi connectivity index (χ3n) is 7.17. The molecule has 0 spiro atoms. The Morgan fingerprint density at radius 2 is 1.60 bits per heavy atom. The largest absolute Gasteiger partial charge is 0.476 e. The summed E-state index contributed by atoms with van der Waals surface area (Å²) in [7, 11) is -10.2. The molecule has 55 heavy (non-hydrogen) atoms. The standard InChI is InChI=1S/C27H19ClFN11O13S2/c1-10-16(33-27-31-11(2)30-26(28)34-27)6-13(54(48,49)50)7-18(10)38-24(41)22(23(37-38)25(42)43)36-35-15-4-3-12(5-21(15)55(51,52)53)32-17-8-14(29)19(39(44)45)9-20(17)40(46)47/h3-9,32,37H,1-2H3,(H,42,43)(H,48,49,50)(H,51,52,53)(H,30,31,33,34). The monoisotopic (exact) mass is 823 g/mol. The Hall–Kier alpha value is -6.81. The van der Waals surface area contributed by atoms with Gasteiger partial charge in [0.25, 0.3) is 31.5 Å². The third kappa shape index (κ3) is 8.39. The van der Waals surface area contributed by atoms with Crippen LogP contribution in [0.25, 0.3) is 5.69 Å². The van der Waals surface area contributed by atoms with E-state index in [4.69, 9.17) is 11.6 Å². The molecule has 5 aromatic rings. The number of halogens is 2. The summed E-state index contributed by atoms with van der Waals surface area (Å²) in [6.07, 6.45) is 0. The SMILES string of the molecule is Cc1nc(Cl)nc(Nc2cc(S(=O)(=O)O)cc(-n3[nH]c(C(=O)O)c(N=Nc4ccc(Nc5cc(F)c([N+](=O)[O-])cc5[N+](=O)[O-])cc4S(=O)(=O)O)c3=O)c2C)n1. The first-order valence-corrected chi connectivity index (χ1v) is 17.6. The zero-order chi connectivity index (χ0) is 40.7. The Balaban J connectivity index is 1.61. The first kappa shape index (κ1) is 39.4. The number of rotatable bonds is 12. The van der Waals surface area contributed by atoms with Crippen molar-refractivity contribution in [1.82, 2.24) is 24.7 Å². The van der Waals surface area contributed by atoms with Crippen molar-refractivity contribution in [3.05, 3.63) is 101 Å². The molecule has 0 bridgehead atoms. The quantitative estimate of drug-likeness (QED) is 0.0430. The number of aromatic nitrogens is 5. The Morgan fingerprint density at radius 1 is 0.927 bits per heavy atom. The van der Waals surface area contributed by atoms with Crippen molar-refractivity contribution in [2.24, 2.45) is 10.2 Å². The number of carboxylic acids is 1. The fourth-order valence-electron chi connectivity index (χ4n) is 4.73. The van der Waals surface area contributed by atoms with Crippen molar-refractivity contribution in [2.75, 3.05) is 10.6 Å². The van der Waals surface area contributed by atoms with Gasteiger partial charge in [0.2, 0.25) is 17.0 Å². The van der Waals surface area contributed by atoms with E-state index in [0.717, 1.165) is 24.3 Å². The van der Waals surface area contributed by atoms with Gasteiger partial charge in [-0.25, -0.2) is 14.5 Å². The number of hydrogen-bond acceptors (Lipinski definition) is 17. The van der Waals surface area contributed by atoms with Crippen LogP contribution in [-0.4, -0.2) is 71.6 Å². The van der Waals surface area contributed by atoms with Gasteiger partial charge < -0.3 is 15.7 Å². The Bertz CT molecular complexity index is 2770. The number of anilines is 4. The summed E-state index contributed by atoms with van der Waals surface area (Å²) in [6, 6.07) is 4.92. The van der Waals surface area contributed by atoms with Crippen LogP contribution in [0.4, 0.5) is 50.2 Å². The number of aryl methyl sites for hydroxylation is 1. The highest BCUT2D eigenvalue weighted by molar-refractivity contribution is 7.86. The number of aromatic amines is 1. The number of nitrogens with one attached hydrogen (secondary N) is 3. The molecular weight excluding hydrogens is 805 g/mol. The maximum atomic E-state index is 14.3. The highest BCUT2D eigenvalue weighted by Gasteiger charge is 2.27. The van der Waals surface area contributed by atoms with Gasteiger partial charge in [-0.2, -0.15) is 31.2 Å². The van der Waals surface area contributed by atoms with Crippen LogP contribution in [0.1, 0.15) is 21.9 Å². The van der Waals surface area contributed by atoms with Gasteiger partial charge in [0.1, 0.15) is 22.1 Å². The summed E-state index contributed by atoms with van der Waals surface area (Å²) in [5.41, 5.74) is -7.68. The van der Waals surface area contributed by atoms with Crippen molar-refractivity contribution in [3.8, 4) is 5.69 Å². The number of carbonyl (C=O) groups is 1. The Labute approximate surface area is 309 Å². The van der Waals surface area contributed by atoms with Crippen LogP contribution in [0, 0.1) is 39.9 Å². The molecule has 2 aromatic heterocycles. The van der Waals surface area contributed by atoms with Crippen molar-refractivity contribution in [1.29, 1.82) is 0 Å². The molecule has 286 valence electrons. The number of aromatic carboxylic acids is 1. The summed E-state index contributed by atoms with van der Waals surface area (Å²) < 4.78 is 83.6. The topological polar surface area (TPSA) is 358 Å². The lowest BCUT2D eigenvalue weighted by Crippen LogP contribution is -2.17. The fraction of sp³-hybridized carbons (Fsp3) is 0.0741. The predicted molar refractivity (Wildman–Crippen MR) is 184 cm³/mol. The molecule has 24 nitrogen and oxygen atoms in total. The van der Waals surface area contributed by atoms with E-state index in [1.54, 1.807) is 0 Å². The molecule has 0 amide bonds. The molecule has 0 atom stereocenters. The third-order valence-corrected chi connectivity index (χ3v) is 9.06. The minimum atomic E-state index is -5.25. The number of azo groups is 1. The molecule has 5 rings (SSSR count). The average molecular weight is 824 g/mol. The van der Waals surface area contributed by atoms with Crippen molar-refractivity contribution >= 4 is 83.6 Å². The van der Waals surface area contributed by atoms with E-state index >= 15 is 0 Å². The number of nitrogens with zero attached hydrogens (tertiary/aromatic N) is 8. The normalized spacial score (nSPS) is 11.8. The maximum Gasteiger partial charge on any atom is 0.356 e. The molecule has 0 radical (unpaired) electrons. The predicted octanol–water partition coefficient (Wildman–Crippen LogP) is 4.67. The van der Waals surface area contributed by atoms with Crippen molar-refractivity contribution < 1.29 is 50.1 Å². The second-order valence-electron chi connectivity index (χ2n) is 10.8. The first-order chi connectivity index (χ1) is 25.5. The van der Waals surface area contributed by atoms with E-state index in [1.807, 2.05) is 0 Å². The molecule has 0 fully saturated rings. The van der Waals surface area contributed by atoms with Crippen molar-refractivity contribution in [3.63, 3.8) is 0 Å². The van der Waals surface area contributed by atoms with Gasteiger partial charge in [0.05, 0.1) is 26.5 Å². The van der Waals surface area contributed by atoms with Gasteiger partial charge in [-0.15, -0.1) is 10.2 Å². The average Bonchev–Trinajstić information content (AvgIpc) is 3.39. The zero-order valence-electron chi connectivity index (χ0n) is 27.1. The second-order valence-corrected chi connectivity index (χ2v) is 13.9. The van der Waals surface area contributed by atoms with Crippen LogP contribution < -0.4 is 16.2 Å². The smallest absolute Gasteiger partial charge is 0.356 e. The fourth-order valence-corrected chi connectivity index (χ4v) is 6.11. The maximum absolute atomic E-state index is 14.3. The number of carboxylic acid groups (broad SMARTS) is 1. The second kappa shape index (κ2) is 14.5. The van der Waals surface area contributed by atoms with E-state index in [2.05, 4.69) is 40.9 Å². The number of nitro groups is 2. The van der Waals surface area contributed by atoms with Crippen LogP contribution >= 0.6 is 11.6 Å². The molecular formula is C27H19ClFN11O13S2. The summed E-state index contributed by atoms with van der Waals surface area (Å²) in [6.45, 7) is 2.82. The molecule has 0 aliphatic heterocycles. The molecule has 0 aliphatic carbocycles. The van der Waals surface area contributed by atoms with Crippen LogP contribution in [-0.2, 0) is 20.2 Å². The summed E-state index contributed by atoms with van der Waals surface area (Å²) >= 11 is 5.87.